The van der Waals surface area contributed by atoms with Gasteiger partial charge in [-0.1, -0.05) is 18.2 Å². The summed E-state index contributed by atoms with van der Waals surface area (Å²) in [6.07, 6.45) is 3.29. The normalized spacial score (nSPS) is 11.9. The smallest absolute Gasteiger partial charge is 0.120 e. The van der Waals surface area contributed by atoms with E-state index in [2.05, 4.69) is 25.1 Å². The fourth-order valence-corrected chi connectivity index (χ4v) is 1.50. The van der Waals surface area contributed by atoms with Gasteiger partial charge in [-0.25, -0.2) is 0 Å². The lowest BCUT2D eigenvalue weighted by Crippen LogP contribution is -2.05. The van der Waals surface area contributed by atoms with E-state index in [0.29, 0.717) is 6.54 Å². The van der Waals surface area contributed by atoms with Crippen LogP contribution in [-0.2, 0) is 0 Å². The molecule has 2 heteroatoms. The Morgan fingerprint density at radius 3 is 2.81 bits per heavy atom. The summed E-state index contributed by atoms with van der Waals surface area (Å²) < 4.78 is 5.66. The zero-order valence-corrected chi connectivity index (χ0v) is 10.4. The topological polar surface area (TPSA) is 35.2 Å². The Hall–Kier alpha value is -1.28. The maximum absolute atomic E-state index is 5.66. The number of hydrogen-bond donors (Lipinski definition) is 1. The maximum Gasteiger partial charge on any atom is 0.120 e. The second kappa shape index (κ2) is 6.33. The van der Waals surface area contributed by atoms with Crippen molar-refractivity contribution in [1.82, 2.24) is 0 Å². The van der Waals surface area contributed by atoms with E-state index >= 15 is 0 Å². The number of ether oxygens (including phenoxy) is 1. The van der Waals surface area contributed by atoms with Crippen LogP contribution in [0.2, 0.25) is 0 Å². The Morgan fingerprint density at radius 1 is 1.44 bits per heavy atom. The van der Waals surface area contributed by atoms with Crippen LogP contribution < -0.4 is 10.5 Å². The molecule has 0 unspecified atom stereocenters. The second-order valence-corrected chi connectivity index (χ2v) is 4.16. The third-order valence-corrected chi connectivity index (χ3v) is 2.28. The van der Waals surface area contributed by atoms with E-state index in [4.69, 9.17) is 10.5 Å². The molecular weight excluding hydrogens is 198 g/mol. The number of allylic oxidation sites excluding steroid dienone is 1. The monoisotopic (exact) mass is 219 g/mol. The molecule has 0 amide bonds. The number of benzene rings is 1. The lowest BCUT2D eigenvalue weighted by Gasteiger charge is -2.11. The Bertz CT molecular complexity index is 356. The molecule has 0 bridgehead atoms. The molecule has 2 nitrogen and oxygen atoms in total. The van der Waals surface area contributed by atoms with E-state index in [9.17, 15) is 0 Å². The van der Waals surface area contributed by atoms with Gasteiger partial charge < -0.3 is 10.5 Å². The number of hydrogen-bond acceptors (Lipinski definition) is 2. The molecule has 16 heavy (non-hydrogen) atoms. The first kappa shape index (κ1) is 12.8. The van der Waals surface area contributed by atoms with Crippen molar-refractivity contribution in [3.63, 3.8) is 0 Å². The highest BCUT2D eigenvalue weighted by Crippen LogP contribution is 2.20. The quantitative estimate of drug-likeness (QED) is 0.825. The van der Waals surface area contributed by atoms with Gasteiger partial charge >= 0.3 is 0 Å². The maximum atomic E-state index is 5.66. The van der Waals surface area contributed by atoms with Gasteiger partial charge in [-0.3, -0.25) is 0 Å². The van der Waals surface area contributed by atoms with Crippen LogP contribution in [0.1, 0.15) is 32.8 Å². The highest BCUT2D eigenvalue weighted by atomic mass is 16.5. The standard InChI is InChI=1S/C14H21NO/c1-11(2)16-14-8-4-7-13(10-14)12(3)6-5-9-15/h4,6-8,10-11H,5,9,15H2,1-3H3. The lowest BCUT2D eigenvalue weighted by molar-refractivity contribution is 0.242. The summed E-state index contributed by atoms with van der Waals surface area (Å²) in [6, 6.07) is 8.17. The SMILES string of the molecule is CC(=CCCN)c1cccc(OC(C)C)c1. The van der Waals surface area contributed by atoms with Gasteiger partial charge in [0.15, 0.2) is 0 Å². The minimum Gasteiger partial charge on any atom is -0.491 e. The van der Waals surface area contributed by atoms with Crippen molar-refractivity contribution in [1.29, 1.82) is 0 Å². The first-order valence-corrected chi connectivity index (χ1v) is 5.77. The van der Waals surface area contributed by atoms with Crippen molar-refractivity contribution in [3.8, 4) is 5.75 Å². The van der Waals surface area contributed by atoms with Crippen LogP contribution in [0.4, 0.5) is 0 Å². The van der Waals surface area contributed by atoms with Crippen molar-refractivity contribution in [2.45, 2.75) is 33.3 Å². The largest absolute Gasteiger partial charge is 0.491 e. The molecule has 0 saturated carbocycles. The molecule has 0 aliphatic heterocycles. The van der Waals surface area contributed by atoms with Gasteiger partial charge in [0.2, 0.25) is 0 Å². The molecule has 0 aromatic heterocycles. The van der Waals surface area contributed by atoms with E-state index in [0.717, 1.165) is 12.2 Å². The minimum absolute atomic E-state index is 0.212. The molecule has 1 aromatic carbocycles. The third kappa shape index (κ3) is 4.07. The van der Waals surface area contributed by atoms with Crippen molar-refractivity contribution in [2.75, 3.05) is 6.54 Å². The fourth-order valence-electron chi connectivity index (χ4n) is 1.50. The number of nitrogens with two attached hydrogens (primary N) is 1. The summed E-state index contributed by atoms with van der Waals surface area (Å²) in [5.41, 5.74) is 7.93. The van der Waals surface area contributed by atoms with E-state index in [1.807, 2.05) is 26.0 Å². The number of rotatable bonds is 5. The molecule has 0 atom stereocenters. The Kier molecular flexibility index (Phi) is 5.06. The highest BCUT2D eigenvalue weighted by molar-refractivity contribution is 5.64. The molecule has 0 aliphatic carbocycles. The van der Waals surface area contributed by atoms with Crippen LogP contribution in [-0.4, -0.2) is 12.6 Å². The van der Waals surface area contributed by atoms with Gasteiger partial charge in [0.25, 0.3) is 0 Å². The second-order valence-electron chi connectivity index (χ2n) is 4.16. The predicted molar refractivity (Wildman–Crippen MR) is 69.5 cm³/mol. The summed E-state index contributed by atoms with van der Waals surface area (Å²) in [7, 11) is 0. The van der Waals surface area contributed by atoms with Crippen LogP contribution in [0.15, 0.2) is 30.3 Å². The van der Waals surface area contributed by atoms with E-state index in [1.165, 1.54) is 11.1 Å². The zero-order valence-electron chi connectivity index (χ0n) is 10.4. The molecule has 1 rings (SSSR count). The van der Waals surface area contributed by atoms with Crippen LogP contribution in [0.3, 0.4) is 0 Å². The molecule has 0 radical (unpaired) electrons. The Balaban J connectivity index is 2.81. The van der Waals surface area contributed by atoms with Gasteiger partial charge in [-0.2, -0.15) is 0 Å². The van der Waals surface area contributed by atoms with Crippen molar-refractivity contribution < 1.29 is 4.74 Å². The van der Waals surface area contributed by atoms with Gasteiger partial charge in [0, 0.05) is 0 Å². The molecule has 0 fully saturated rings. The van der Waals surface area contributed by atoms with E-state index in [1.54, 1.807) is 0 Å². The molecule has 0 spiro atoms. The minimum atomic E-state index is 0.212. The first-order valence-electron chi connectivity index (χ1n) is 5.77. The summed E-state index contributed by atoms with van der Waals surface area (Å²) in [4.78, 5) is 0. The summed E-state index contributed by atoms with van der Waals surface area (Å²) in [5.74, 6) is 0.924. The Morgan fingerprint density at radius 2 is 2.19 bits per heavy atom. The van der Waals surface area contributed by atoms with Crippen LogP contribution in [0.25, 0.3) is 5.57 Å². The average molecular weight is 219 g/mol. The molecule has 0 aliphatic rings. The molecule has 0 saturated heterocycles. The van der Waals surface area contributed by atoms with E-state index < -0.39 is 0 Å². The molecule has 88 valence electrons. The molecule has 2 N–H and O–H groups in total. The van der Waals surface area contributed by atoms with Crippen molar-refractivity contribution >= 4 is 5.57 Å². The van der Waals surface area contributed by atoms with Crippen LogP contribution in [0.5, 0.6) is 5.75 Å². The highest BCUT2D eigenvalue weighted by Gasteiger charge is 2.00. The average Bonchev–Trinajstić information content (AvgIpc) is 2.25. The van der Waals surface area contributed by atoms with E-state index in [-0.39, 0.29) is 6.10 Å². The Labute approximate surface area is 98.1 Å². The van der Waals surface area contributed by atoms with Crippen LogP contribution in [0, 0.1) is 0 Å². The van der Waals surface area contributed by atoms with Gasteiger partial charge in [-0.15, -0.1) is 0 Å². The van der Waals surface area contributed by atoms with Gasteiger partial charge in [-0.05, 0) is 57.0 Å². The summed E-state index contributed by atoms with van der Waals surface area (Å²) >= 11 is 0. The van der Waals surface area contributed by atoms with Crippen LogP contribution >= 0.6 is 0 Å². The van der Waals surface area contributed by atoms with Crippen molar-refractivity contribution in [2.24, 2.45) is 5.73 Å². The fraction of sp³-hybridized carbons (Fsp3) is 0.429. The zero-order chi connectivity index (χ0) is 12.0. The third-order valence-electron chi connectivity index (χ3n) is 2.28. The first-order chi connectivity index (χ1) is 7.63. The predicted octanol–water partition coefficient (Wildman–Crippen LogP) is 3.23. The summed E-state index contributed by atoms with van der Waals surface area (Å²) in [5, 5.41) is 0. The molecular formula is C14H21NO. The lowest BCUT2D eigenvalue weighted by atomic mass is 10.1. The van der Waals surface area contributed by atoms with Gasteiger partial charge in [0.1, 0.15) is 5.75 Å². The molecule has 1 aromatic rings. The van der Waals surface area contributed by atoms with Gasteiger partial charge in [0.05, 0.1) is 6.10 Å². The molecule has 0 heterocycles. The van der Waals surface area contributed by atoms with Crippen molar-refractivity contribution in [3.05, 3.63) is 35.9 Å². The summed E-state index contributed by atoms with van der Waals surface area (Å²) in [6.45, 7) is 6.86.